The van der Waals surface area contributed by atoms with Crippen molar-refractivity contribution in [2.24, 2.45) is 5.92 Å². The van der Waals surface area contributed by atoms with Crippen LogP contribution in [0.15, 0.2) is 53.3 Å². The summed E-state index contributed by atoms with van der Waals surface area (Å²) in [5, 5.41) is 22.2. The average Bonchev–Trinajstić information content (AvgIpc) is 3.15. The number of aromatic nitrogens is 1. The van der Waals surface area contributed by atoms with Crippen LogP contribution in [0.4, 0.5) is 13.2 Å². The number of hydrogen-bond acceptors (Lipinski definition) is 4. The van der Waals surface area contributed by atoms with E-state index in [4.69, 9.17) is 0 Å². The van der Waals surface area contributed by atoms with Crippen LogP contribution in [-0.2, 0) is 11.0 Å². The Morgan fingerprint density at radius 3 is 2.44 bits per heavy atom. The quantitative estimate of drug-likeness (QED) is 0.484. The molecule has 3 aromatic rings. The van der Waals surface area contributed by atoms with Gasteiger partial charge < -0.3 is 20.5 Å². The van der Waals surface area contributed by atoms with Crippen molar-refractivity contribution in [3.05, 3.63) is 70.0 Å². The van der Waals surface area contributed by atoms with Gasteiger partial charge in [-0.2, -0.15) is 13.2 Å². The van der Waals surface area contributed by atoms with Gasteiger partial charge in [0.2, 0.25) is 5.91 Å². The highest BCUT2D eigenvalue weighted by molar-refractivity contribution is 5.90. The van der Waals surface area contributed by atoms with E-state index >= 15 is 0 Å². The van der Waals surface area contributed by atoms with Crippen LogP contribution < -0.4 is 10.9 Å². The van der Waals surface area contributed by atoms with Crippen molar-refractivity contribution in [2.45, 2.75) is 24.6 Å². The number of pyridine rings is 1. The second kappa shape index (κ2) is 8.40. The van der Waals surface area contributed by atoms with Gasteiger partial charge in [0.1, 0.15) is 0 Å². The summed E-state index contributed by atoms with van der Waals surface area (Å²) in [4.78, 5) is 27.7. The predicted octanol–water partition coefficient (Wildman–Crippen LogP) is 2.79. The van der Waals surface area contributed by atoms with E-state index in [2.05, 4.69) is 10.3 Å². The Morgan fingerprint density at radius 2 is 1.75 bits per heavy atom. The van der Waals surface area contributed by atoms with E-state index in [1.807, 2.05) is 0 Å². The number of halogens is 3. The molecule has 1 fully saturated rings. The summed E-state index contributed by atoms with van der Waals surface area (Å²) in [6, 6.07) is 10.9. The maximum atomic E-state index is 13.4. The molecule has 1 amide bonds. The summed E-state index contributed by atoms with van der Waals surface area (Å²) in [6.07, 6.45) is -4.22. The van der Waals surface area contributed by atoms with E-state index in [0.29, 0.717) is 17.4 Å². The molecule has 1 aromatic heterocycles. The third kappa shape index (κ3) is 4.01. The molecule has 2 aromatic carbocycles. The fraction of sp³-hybridized carbons (Fsp3) is 0.304. The van der Waals surface area contributed by atoms with E-state index < -0.39 is 35.2 Å². The zero-order chi connectivity index (χ0) is 23.0. The van der Waals surface area contributed by atoms with E-state index in [-0.39, 0.29) is 35.8 Å². The van der Waals surface area contributed by atoms with E-state index in [1.54, 1.807) is 18.2 Å². The molecule has 0 radical (unpaired) electrons. The molecule has 1 aliphatic heterocycles. The zero-order valence-corrected chi connectivity index (χ0v) is 16.8. The molecule has 4 rings (SSSR count). The van der Waals surface area contributed by atoms with Crippen LogP contribution in [0.1, 0.15) is 23.5 Å². The lowest BCUT2D eigenvalue weighted by Crippen LogP contribution is -2.36. The number of benzene rings is 2. The first-order valence-electron chi connectivity index (χ1n) is 10.1. The van der Waals surface area contributed by atoms with Crippen LogP contribution in [0.2, 0.25) is 0 Å². The summed E-state index contributed by atoms with van der Waals surface area (Å²) in [6.45, 7) is -0.540. The molecule has 1 aliphatic rings. The largest absolute Gasteiger partial charge is 0.417 e. The van der Waals surface area contributed by atoms with Gasteiger partial charge in [-0.3, -0.25) is 9.59 Å². The number of carbonyl (C=O) groups is 1. The van der Waals surface area contributed by atoms with Crippen molar-refractivity contribution in [3.63, 3.8) is 0 Å². The number of aromatic amines is 1. The van der Waals surface area contributed by atoms with Crippen molar-refractivity contribution in [1.82, 2.24) is 10.3 Å². The van der Waals surface area contributed by atoms with Crippen LogP contribution >= 0.6 is 0 Å². The summed E-state index contributed by atoms with van der Waals surface area (Å²) in [7, 11) is 0. The number of nitrogens with one attached hydrogen (secondary N) is 2. The second-order valence-electron chi connectivity index (χ2n) is 7.93. The first-order valence-corrected chi connectivity index (χ1v) is 10.1. The van der Waals surface area contributed by atoms with Crippen LogP contribution in [0.5, 0.6) is 0 Å². The molecule has 2 atom stereocenters. The fourth-order valence-electron chi connectivity index (χ4n) is 4.22. The Kier molecular flexibility index (Phi) is 5.79. The first kappa shape index (κ1) is 22.0. The number of H-pyrrole nitrogens is 1. The van der Waals surface area contributed by atoms with Crippen molar-refractivity contribution >= 4 is 16.7 Å². The smallest absolute Gasteiger partial charge is 0.396 e. The Hall–Kier alpha value is -3.17. The Balaban J connectivity index is 1.72. The van der Waals surface area contributed by atoms with Crippen LogP contribution in [0.3, 0.4) is 0 Å². The highest BCUT2D eigenvalue weighted by Crippen LogP contribution is 2.37. The Labute approximate surface area is 180 Å². The second-order valence-corrected chi connectivity index (χ2v) is 7.93. The van der Waals surface area contributed by atoms with Crippen LogP contribution in [-0.4, -0.2) is 40.4 Å². The molecular weight excluding hydrogens is 425 g/mol. The molecule has 6 nitrogen and oxygen atoms in total. The number of amides is 1. The summed E-state index contributed by atoms with van der Waals surface area (Å²) in [5.41, 5.74) is -0.894. The molecule has 1 saturated heterocycles. The van der Waals surface area contributed by atoms with Crippen LogP contribution in [0, 0.1) is 5.92 Å². The maximum absolute atomic E-state index is 13.4. The number of hydrogen-bond donors (Lipinski definition) is 4. The molecule has 32 heavy (non-hydrogen) atoms. The number of carbonyl (C=O) groups excluding carboxylic acids is 1. The van der Waals surface area contributed by atoms with E-state index in [0.717, 1.165) is 6.07 Å². The lowest BCUT2D eigenvalue weighted by molar-refractivity contribution is -0.137. The number of aliphatic hydroxyl groups excluding tert-OH is 2. The topological polar surface area (TPSA) is 102 Å². The van der Waals surface area contributed by atoms with Gasteiger partial charge in [0.15, 0.2) is 0 Å². The molecular formula is C23H21F3N2O4. The number of aliphatic hydroxyl groups is 2. The lowest BCUT2D eigenvalue weighted by Gasteiger charge is -2.18. The third-order valence-corrected chi connectivity index (χ3v) is 5.97. The first-order chi connectivity index (χ1) is 15.2. The van der Waals surface area contributed by atoms with Crippen molar-refractivity contribution in [1.29, 1.82) is 0 Å². The molecule has 168 valence electrons. The molecule has 0 spiro atoms. The average molecular weight is 446 g/mol. The minimum absolute atomic E-state index is 0.0515. The van der Waals surface area contributed by atoms with Crippen molar-refractivity contribution in [2.75, 3.05) is 13.2 Å². The van der Waals surface area contributed by atoms with Crippen molar-refractivity contribution < 1.29 is 28.2 Å². The van der Waals surface area contributed by atoms with E-state index in [1.165, 1.54) is 24.3 Å². The van der Waals surface area contributed by atoms with Gasteiger partial charge in [-0.1, -0.05) is 30.3 Å². The normalized spacial score (nSPS) is 19.0. The van der Waals surface area contributed by atoms with Gasteiger partial charge in [-0.15, -0.1) is 0 Å². The highest BCUT2D eigenvalue weighted by atomic mass is 19.4. The van der Waals surface area contributed by atoms with Gasteiger partial charge in [0, 0.05) is 28.6 Å². The summed E-state index contributed by atoms with van der Waals surface area (Å²) in [5.74, 6) is -1.31. The molecule has 4 N–H and O–H groups in total. The minimum Gasteiger partial charge on any atom is -0.396 e. The maximum Gasteiger partial charge on any atom is 0.417 e. The molecule has 9 heteroatoms. The van der Waals surface area contributed by atoms with Gasteiger partial charge in [0.25, 0.3) is 5.56 Å². The molecule has 0 saturated carbocycles. The fourth-order valence-corrected chi connectivity index (χ4v) is 4.22. The molecule has 0 aliphatic carbocycles. The van der Waals surface area contributed by atoms with Gasteiger partial charge >= 0.3 is 6.18 Å². The number of rotatable bonds is 5. The third-order valence-electron chi connectivity index (χ3n) is 5.97. The lowest BCUT2D eigenvalue weighted by atomic mass is 9.90. The SMILES string of the molecule is O=C1NC(C(CO)CO)CC1c1ccc2cc(-c3ccccc3C(F)(F)F)[nH]c(=O)c2c1. The zero-order valence-electron chi connectivity index (χ0n) is 16.8. The van der Waals surface area contributed by atoms with Gasteiger partial charge in [-0.25, -0.2) is 0 Å². The van der Waals surface area contributed by atoms with Crippen molar-refractivity contribution in [3.8, 4) is 11.3 Å². The molecule has 2 unspecified atom stereocenters. The monoisotopic (exact) mass is 446 g/mol. The highest BCUT2D eigenvalue weighted by Gasteiger charge is 2.37. The summed E-state index contributed by atoms with van der Waals surface area (Å²) >= 11 is 0. The number of alkyl halides is 3. The summed E-state index contributed by atoms with van der Waals surface area (Å²) < 4.78 is 40.2. The van der Waals surface area contributed by atoms with E-state index in [9.17, 15) is 33.0 Å². The van der Waals surface area contributed by atoms with Gasteiger partial charge in [-0.05, 0) is 35.6 Å². The minimum atomic E-state index is -4.57. The van der Waals surface area contributed by atoms with Crippen LogP contribution in [0.25, 0.3) is 22.0 Å². The van der Waals surface area contributed by atoms with Gasteiger partial charge in [0.05, 0.1) is 24.7 Å². The molecule has 2 heterocycles. The Morgan fingerprint density at radius 1 is 1.03 bits per heavy atom. The Bertz CT molecular complexity index is 1220. The number of fused-ring (bicyclic) bond motifs is 1. The molecule has 0 bridgehead atoms. The standard InChI is InChI=1S/C23H21F3N2O4/c24-23(25,26)18-4-2-1-3-15(18)20-8-13-6-5-12(7-16(13)21(31)28-20)17-9-19(27-22(17)32)14(10-29)11-30/h1-8,14,17,19,29-30H,9-11H2,(H,27,32)(H,28,31). The predicted molar refractivity (Wildman–Crippen MR) is 112 cm³/mol.